The Balaban J connectivity index is 1.09. The Morgan fingerprint density at radius 1 is 1.18 bits per heavy atom. The molecule has 1 aromatic heterocycles. The molecule has 3 fully saturated rings. The molecule has 2 saturated carbocycles. The second-order valence-corrected chi connectivity index (χ2v) is 9.37. The maximum atomic E-state index is 13.0. The van der Waals surface area contributed by atoms with Crippen LogP contribution in [-0.2, 0) is 4.79 Å². The van der Waals surface area contributed by atoms with E-state index in [4.69, 9.17) is 9.47 Å². The maximum Gasteiger partial charge on any atom is 0.255 e. The highest BCUT2D eigenvalue weighted by Crippen LogP contribution is 2.48. The summed E-state index contributed by atoms with van der Waals surface area (Å²) in [6.07, 6.45) is 4.58. The van der Waals surface area contributed by atoms with Gasteiger partial charge >= 0.3 is 0 Å². The van der Waals surface area contributed by atoms with Gasteiger partial charge in [-0.2, -0.15) is 0 Å². The second-order valence-electron chi connectivity index (χ2n) is 9.37. The lowest BCUT2D eigenvalue weighted by Gasteiger charge is -2.19. The van der Waals surface area contributed by atoms with E-state index in [9.17, 15) is 13.6 Å². The monoisotopic (exact) mass is 457 g/mol. The van der Waals surface area contributed by atoms with E-state index in [1.807, 2.05) is 37.3 Å². The molecule has 0 bridgehead atoms. The van der Waals surface area contributed by atoms with E-state index < -0.39 is 11.8 Å². The van der Waals surface area contributed by atoms with Crippen LogP contribution in [0.25, 0.3) is 0 Å². The van der Waals surface area contributed by atoms with Crippen LogP contribution in [0.15, 0.2) is 42.6 Å². The number of nitrogens with one attached hydrogen (secondary N) is 1. The van der Waals surface area contributed by atoms with E-state index in [2.05, 4.69) is 15.2 Å². The summed E-state index contributed by atoms with van der Waals surface area (Å²) in [7, 11) is 0. The van der Waals surface area contributed by atoms with Crippen LogP contribution in [-0.4, -0.2) is 48.7 Å². The van der Waals surface area contributed by atoms with Crippen LogP contribution in [0, 0.1) is 5.92 Å². The summed E-state index contributed by atoms with van der Waals surface area (Å²) in [4.78, 5) is 18.8. The lowest BCUT2D eigenvalue weighted by molar-refractivity contribution is -0.122. The number of amides is 1. The summed E-state index contributed by atoms with van der Waals surface area (Å²) in [5, 5.41) is 3.05. The minimum absolute atomic E-state index is 0.0242. The highest BCUT2D eigenvalue weighted by atomic mass is 19.3. The molecule has 1 saturated heterocycles. The largest absolute Gasteiger partial charge is 0.491 e. The first-order valence-corrected chi connectivity index (χ1v) is 11.7. The van der Waals surface area contributed by atoms with Crippen molar-refractivity contribution < 1.29 is 23.0 Å². The van der Waals surface area contributed by atoms with Crippen LogP contribution in [0.4, 0.5) is 14.6 Å². The molecule has 33 heavy (non-hydrogen) atoms. The lowest BCUT2D eigenvalue weighted by Crippen LogP contribution is -2.29. The number of carbonyl (C=O) groups excluding carboxylic acids is 1. The third kappa shape index (κ3) is 5.37. The first-order valence-electron chi connectivity index (χ1n) is 11.7. The number of hydrogen-bond acceptors (Lipinski definition) is 5. The van der Waals surface area contributed by atoms with E-state index in [0.717, 1.165) is 42.9 Å². The molecule has 0 radical (unpaired) electrons. The topological polar surface area (TPSA) is 63.7 Å². The van der Waals surface area contributed by atoms with Gasteiger partial charge in [-0.15, -0.1) is 0 Å². The van der Waals surface area contributed by atoms with Crippen molar-refractivity contribution in [3.63, 3.8) is 0 Å². The number of ether oxygens (including phenoxy) is 2. The Hall–Kier alpha value is -2.90. The summed E-state index contributed by atoms with van der Waals surface area (Å²) < 4.78 is 37.5. The third-order valence-electron chi connectivity index (χ3n) is 6.60. The molecule has 1 aromatic carbocycles. The van der Waals surface area contributed by atoms with Crippen molar-refractivity contribution in [2.45, 2.75) is 56.6 Å². The van der Waals surface area contributed by atoms with E-state index in [0.29, 0.717) is 18.3 Å². The molecule has 3 aliphatic rings. The number of halogens is 2. The van der Waals surface area contributed by atoms with Gasteiger partial charge in [0.05, 0.1) is 31.2 Å². The Labute approximate surface area is 192 Å². The first kappa shape index (κ1) is 21.9. The summed E-state index contributed by atoms with van der Waals surface area (Å²) in [6, 6.07) is 11.7. The summed E-state index contributed by atoms with van der Waals surface area (Å²) in [6.45, 7) is 3.48. The molecule has 3 atom stereocenters. The molecular formula is C25H29F2N3O3. The number of nitrogens with zero attached hydrogens (tertiary/aromatic N) is 2. The van der Waals surface area contributed by atoms with Crippen molar-refractivity contribution in [3.8, 4) is 11.5 Å². The zero-order valence-electron chi connectivity index (χ0n) is 18.7. The molecule has 0 spiro atoms. The van der Waals surface area contributed by atoms with Gasteiger partial charge in [-0.05, 0) is 49.6 Å². The summed E-state index contributed by atoms with van der Waals surface area (Å²) in [5.74, 6) is -1.24. The lowest BCUT2D eigenvalue weighted by atomic mass is 10.0. The number of aromatic nitrogens is 1. The van der Waals surface area contributed by atoms with Crippen molar-refractivity contribution in [1.29, 1.82) is 0 Å². The fourth-order valence-electron chi connectivity index (χ4n) is 4.06. The fraction of sp³-hybridized carbons (Fsp3) is 0.520. The molecule has 6 nitrogen and oxygen atoms in total. The number of pyridine rings is 1. The minimum atomic E-state index is -2.57. The van der Waals surface area contributed by atoms with Crippen molar-refractivity contribution in [2.75, 3.05) is 24.6 Å². The van der Waals surface area contributed by atoms with Crippen LogP contribution < -0.4 is 19.7 Å². The van der Waals surface area contributed by atoms with E-state index in [-0.39, 0.29) is 31.0 Å². The van der Waals surface area contributed by atoms with Crippen molar-refractivity contribution in [3.05, 3.63) is 48.2 Å². The van der Waals surface area contributed by atoms with Gasteiger partial charge in [-0.3, -0.25) is 4.79 Å². The number of alkyl halides is 2. The van der Waals surface area contributed by atoms with Gasteiger partial charge in [0.25, 0.3) is 5.92 Å². The number of rotatable bonds is 9. The molecule has 8 heteroatoms. The van der Waals surface area contributed by atoms with Crippen LogP contribution >= 0.6 is 0 Å². The Kier molecular flexibility index (Phi) is 5.85. The van der Waals surface area contributed by atoms with Crippen molar-refractivity contribution in [1.82, 2.24) is 10.3 Å². The molecule has 2 aliphatic carbocycles. The van der Waals surface area contributed by atoms with E-state index in [1.54, 1.807) is 12.3 Å². The Morgan fingerprint density at radius 3 is 2.55 bits per heavy atom. The molecule has 1 amide bonds. The molecule has 176 valence electrons. The smallest absolute Gasteiger partial charge is 0.255 e. The Morgan fingerprint density at radius 2 is 1.91 bits per heavy atom. The number of hydrogen-bond donors (Lipinski definition) is 1. The standard InChI is InChI=1S/C25H29F2N3O3/c1-16(24(31)29-19-4-5-19)17-2-6-20(7-3-17)33-22-10-11-30(14-22)23-9-8-21(13-28-23)32-15-18-12-25(18,26)27/h2-3,6-9,13,16,18-19,22H,4-5,10-12,14-15H2,1H3,(H,29,31). The molecule has 1 aliphatic heterocycles. The molecule has 3 unspecified atom stereocenters. The zero-order chi connectivity index (χ0) is 23.0. The molecule has 2 aromatic rings. The van der Waals surface area contributed by atoms with Gasteiger partial charge in [0, 0.05) is 25.4 Å². The average molecular weight is 458 g/mol. The minimum Gasteiger partial charge on any atom is -0.491 e. The maximum absolute atomic E-state index is 13.0. The molecule has 5 rings (SSSR count). The number of anilines is 1. The number of benzene rings is 1. The van der Waals surface area contributed by atoms with Gasteiger partial charge in [-0.1, -0.05) is 12.1 Å². The zero-order valence-corrected chi connectivity index (χ0v) is 18.7. The quantitative estimate of drug-likeness (QED) is 0.613. The van der Waals surface area contributed by atoms with E-state index in [1.165, 1.54) is 0 Å². The SMILES string of the molecule is CC(C(=O)NC1CC1)c1ccc(OC2CCN(c3ccc(OCC4CC4(F)F)cn3)C2)cc1. The fourth-order valence-corrected chi connectivity index (χ4v) is 4.06. The third-order valence-corrected chi connectivity index (χ3v) is 6.60. The van der Waals surface area contributed by atoms with Gasteiger partial charge < -0.3 is 19.7 Å². The van der Waals surface area contributed by atoms with Crippen LogP contribution in [0.1, 0.15) is 44.1 Å². The predicted molar refractivity (Wildman–Crippen MR) is 120 cm³/mol. The average Bonchev–Trinajstić information content (AvgIpc) is 3.68. The predicted octanol–water partition coefficient (Wildman–Crippen LogP) is 4.16. The van der Waals surface area contributed by atoms with Gasteiger partial charge in [0.15, 0.2) is 0 Å². The second kappa shape index (κ2) is 8.80. The van der Waals surface area contributed by atoms with Crippen LogP contribution in [0.3, 0.4) is 0 Å². The van der Waals surface area contributed by atoms with Crippen LogP contribution in [0.2, 0.25) is 0 Å². The van der Waals surface area contributed by atoms with Crippen molar-refractivity contribution >= 4 is 11.7 Å². The molecule has 2 heterocycles. The molecular weight excluding hydrogens is 428 g/mol. The Bertz CT molecular complexity index is 979. The normalized spacial score (nSPS) is 24.3. The van der Waals surface area contributed by atoms with Crippen molar-refractivity contribution in [2.24, 2.45) is 5.92 Å². The summed E-state index contributed by atoms with van der Waals surface area (Å²) in [5.41, 5.74) is 0.977. The first-order chi connectivity index (χ1) is 15.9. The molecule has 1 N–H and O–H groups in total. The van der Waals surface area contributed by atoms with E-state index >= 15 is 0 Å². The summed E-state index contributed by atoms with van der Waals surface area (Å²) >= 11 is 0. The van der Waals surface area contributed by atoms with Gasteiger partial charge in [0.1, 0.15) is 23.4 Å². The van der Waals surface area contributed by atoms with Crippen LogP contribution in [0.5, 0.6) is 11.5 Å². The van der Waals surface area contributed by atoms with Gasteiger partial charge in [-0.25, -0.2) is 13.8 Å². The highest BCUT2D eigenvalue weighted by Gasteiger charge is 2.57. The number of carbonyl (C=O) groups is 1. The van der Waals surface area contributed by atoms with Gasteiger partial charge in [0.2, 0.25) is 5.91 Å². The highest BCUT2D eigenvalue weighted by molar-refractivity contribution is 5.83.